The van der Waals surface area contributed by atoms with E-state index in [1.165, 1.54) is 10.7 Å². The number of nitrogens with one attached hydrogen (secondary N) is 1. The number of rotatable bonds is 7. The van der Waals surface area contributed by atoms with Gasteiger partial charge in [-0.1, -0.05) is 6.08 Å². The van der Waals surface area contributed by atoms with Gasteiger partial charge in [0.2, 0.25) is 12.4 Å². The highest BCUT2D eigenvalue weighted by Gasteiger charge is 2.32. The number of fused-ring (bicyclic) bond motifs is 1. The molecule has 2 fully saturated rings. The zero-order valence-corrected chi connectivity index (χ0v) is 23.3. The Hall–Kier alpha value is -3.99. The number of nitrogens with zero attached hydrogens (tertiary/aromatic N) is 8. The van der Waals surface area contributed by atoms with Crippen LogP contribution >= 0.6 is 0 Å². The average molecular weight is 532 g/mol. The van der Waals surface area contributed by atoms with Gasteiger partial charge in [-0.3, -0.25) is 9.59 Å². The summed E-state index contributed by atoms with van der Waals surface area (Å²) >= 11 is 0. The standard InChI is InChI=1S/C28H37N9O2/c1-6-7-24(32-35(19-38)28(2,3)4)37-25-23(26(39)36(37)22-12-13-22)18-29-27(31-25)30-20-8-10-21(11-9-20)34-16-14-33(5)15-17-34/h6-11,18-19,22H,12-17H2,1-5H3,(H,29,30,31)/b7-6-,32-24+. The first-order chi connectivity index (χ1) is 18.7. The molecular formula is C28H37N9O2. The minimum Gasteiger partial charge on any atom is -0.369 e. The van der Waals surface area contributed by atoms with Crippen molar-refractivity contribution in [1.82, 2.24) is 29.2 Å². The van der Waals surface area contributed by atoms with Crippen molar-refractivity contribution in [1.29, 1.82) is 0 Å². The summed E-state index contributed by atoms with van der Waals surface area (Å²) in [5.74, 6) is 0.805. The second-order valence-electron chi connectivity index (χ2n) is 11.2. The lowest BCUT2D eigenvalue weighted by Gasteiger charge is -2.34. The van der Waals surface area contributed by atoms with E-state index in [9.17, 15) is 9.59 Å². The van der Waals surface area contributed by atoms with Gasteiger partial charge in [0, 0.05) is 43.8 Å². The summed E-state index contributed by atoms with van der Waals surface area (Å²) in [5.41, 5.74) is 1.77. The van der Waals surface area contributed by atoms with Gasteiger partial charge in [-0.05, 0) is 77.9 Å². The smallest absolute Gasteiger partial charge is 0.278 e. The predicted molar refractivity (Wildman–Crippen MR) is 155 cm³/mol. The van der Waals surface area contributed by atoms with Gasteiger partial charge >= 0.3 is 0 Å². The van der Waals surface area contributed by atoms with Gasteiger partial charge < -0.3 is 15.1 Å². The van der Waals surface area contributed by atoms with Gasteiger partial charge in [-0.2, -0.15) is 4.98 Å². The van der Waals surface area contributed by atoms with Crippen molar-refractivity contribution in [3.63, 3.8) is 0 Å². The van der Waals surface area contributed by atoms with E-state index in [-0.39, 0.29) is 11.6 Å². The number of hydrogen-bond donors (Lipinski definition) is 1. The highest BCUT2D eigenvalue weighted by atomic mass is 16.1. The van der Waals surface area contributed by atoms with E-state index in [2.05, 4.69) is 44.4 Å². The van der Waals surface area contributed by atoms with E-state index in [4.69, 9.17) is 4.98 Å². The fraction of sp³-hybridized carbons (Fsp3) is 0.464. The third-order valence-electron chi connectivity index (χ3n) is 7.04. The van der Waals surface area contributed by atoms with Crippen LogP contribution in [-0.4, -0.2) is 80.3 Å². The van der Waals surface area contributed by atoms with Crippen molar-refractivity contribution in [2.75, 3.05) is 43.4 Å². The van der Waals surface area contributed by atoms with Crippen LogP contribution in [0.4, 0.5) is 17.3 Å². The number of benzene rings is 1. The van der Waals surface area contributed by atoms with Crippen LogP contribution in [0.25, 0.3) is 11.0 Å². The van der Waals surface area contributed by atoms with Gasteiger partial charge in [-0.15, -0.1) is 5.10 Å². The van der Waals surface area contributed by atoms with Gasteiger partial charge in [0.1, 0.15) is 5.39 Å². The molecule has 206 valence electrons. The molecule has 5 rings (SSSR count). The molecule has 0 radical (unpaired) electrons. The lowest BCUT2D eigenvalue weighted by atomic mass is 10.1. The summed E-state index contributed by atoms with van der Waals surface area (Å²) < 4.78 is 3.42. The largest absolute Gasteiger partial charge is 0.369 e. The molecule has 1 saturated carbocycles. The third-order valence-corrected chi connectivity index (χ3v) is 7.04. The predicted octanol–water partition coefficient (Wildman–Crippen LogP) is 3.42. The molecule has 1 amide bonds. The van der Waals surface area contributed by atoms with Gasteiger partial charge in [0.05, 0.1) is 11.6 Å². The van der Waals surface area contributed by atoms with E-state index in [0.29, 0.717) is 29.2 Å². The minimum atomic E-state index is -0.541. The van der Waals surface area contributed by atoms with Crippen LogP contribution in [0.1, 0.15) is 46.6 Å². The Morgan fingerprint density at radius 1 is 1.13 bits per heavy atom. The molecule has 3 heterocycles. The molecule has 1 aliphatic carbocycles. The lowest BCUT2D eigenvalue weighted by Crippen LogP contribution is -2.44. The minimum absolute atomic E-state index is 0.0556. The van der Waals surface area contributed by atoms with Crippen LogP contribution in [0.2, 0.25) is 0 Å². The molecule has 0 unspecified atom stereocenters. The molecule has 1 saturated heterocycles. The number of likely N-dealkylation sites (N-methyl/N-ethyl adjacent to an activating group) is 1. The maximum absolute atomic E-state index is 13.4. The number of aromatic nitrogens is 4. The van der Waals surface area contributed by atoms with E-state index < -0.39 is 5.54 Å². The van der Waals surface area contributed by atoms with E-state index in [0.717, 1.165) is 44.7 Å². The summed E-state index contributed by atoms with van der Waals surface area (Å²) in [7, 11) is 2.15. The van der Waals surface area contributed by atoms with Crippen LogP contribution < -0.4 is 15.8 Å². The summed E-state index contributed by atoms with van der Waals surface area (Å²) in [6, 6.07) is 8.29. The Kier molecular flexibility index (Phi) is 7.26. The Morgan fingerprint density at radius 3 is 2.41 bits per heavy atom. The molecule has 11 nitrogen and oxygen atoms in total. The average Bonchev–Trinajstić information content (AvgIpc) is 3.71. The van der Waals surface area contributed by atoms with E-state index >= 15 is 0 Å². The lowest BCUT2D eigenvalue weighted by molar-refractivity contribution is -0.122. The zero-order chi connectivity index (χ0) is 27.7. The summed E-state index contributed by atoms with van der Waals surface area (Å²) in [6.07, 6.45) is 7.67. The first-order valence-electron chi connectivity index (χ1n) is 13.5. The molecule has 0 atom stereocenters. The fourth-order valence-corrected chi connectivity index (χ4v) is 4.62. The second-order valence-corrected chi connectivity index (χ2v) is 11.2. The van der Waals surface area contributed by atoms with Crippen LogP contribution in [0.3, 0.4) is 0 Å². The number of hydrogen-bond acceptors (Lipinski definition) is 8. The molecule has 11 heteroatoms. The normalized spacial score (nSPS) is 17.3. The summed E-state index contributed by atoms with van der Waals surface area (Å²) in [4.78, 5) is 39.3. The molecule has 2 aliphatic rings. The van der Waals surface area contributed by atoms with Crippen LogP contribution in [0, 0.1) is 0 Å². The zero-order valence-electron chi connectivity index (χ0n) is 23.3. The van der Waals surface area contributed by atoms with Crippen molar-refractivity contribution in [3.05, 3.63) is 53.0 Å². The second kappa shape index (κ2) is 10.6. The highest BCUT2D eigenvalue weighted by molar-refractivity contribution is 5.99. The van der Waals surface area contributed by atoms with Crippen LogP contribution in [0.15, 0.2) is 52.5 Å². The van der Waals surface area contributed by atoms with E-state index in [1.807, 2.05) is 45.9 Å². The number of piperazine rings is 1. The fourth-order valence-electron chi connectivity index (χ4n) is 4.62. The molecule has 39 heavy (non-hydrogen) atoms. The maximum atomic E-state index is 13.4. The number of allylic oxidation sites excluding steroid dienone is 2. The Bertz CT molecular complexity index is 1450. The molecule has 1 N–H and O–H groups in total. The highest BCUT2D eigenvalue weighted by Crippen LogP contribution is 2.35. The Balaban J connectivity index is 1.52. The number of carbonyl (C=O) groups is 1. The quantitative estimate of drug-likeness (QED) is 0.216. The van der Waals surface area contributed by atoms with Gasteiger partial charge in [0.25, 0.3) is 5.56 Å². The van der Waals surface area contributed by atoms with Gasteiger partial charge in [0.15, 0.2) is 11.5 Å². The molecule has 1 aliphatic heterocycles. The monoisotopic (exact) mass is 531 g/mol. The topological polar surface area (TPSA) is 104 Å². The van der Waals surface area contributed by atoms with Crippen molar-refractivity contribution < 1.29 is 4.79 Å². The van der Waals surface area contributed by atoms with Crippen LogP contribution in [0.5, 0.6) is 0 Å². The molecule has 0 bridgehead atoms. The number of hydrazone groups is 1. The molecule has 3 aromatic rings. The van der Waals surface area contributed by atoms with Crippen molar-refractivity contribution >= 4 is 40.6 Å². The van der Waals surface area contributed by atoms with E-state index in [1.54, 1.807) is 21.6 Å². The maximum Gasteiger partial charge on any atom is 0.278 e. The van der Waals surface area contributed by atoms with Crippen molar-refractivity contribution in [2.45, 2.75) is 52.1 Å². The van der Waals surface area contributed by atoms with Crippen molar-refractivity contribution in [3.8, 4) is 0 Å². The molecule has 1 aromatic carbocycles. The Morgan fingerprint density at radius 2 is 1.82 bits per heavy atom. The van der Waals surface area contributed by atoms with Gasteiger partial charge in [-0.25, -0.2) is 19.4 Å². The first kappa shape index (κ1) is 26.6. The van der Waals surface area contributed by atoms with Crippen molar-refractivity contribution in [2.24, 2.45) is 5.10 Å². The molecule has 2 aromatic heterocycles. The van der Waals surface area contributed by atoms with Crippen LogP contribution in [-0.2, 0) is 4.79 Å². The SMILES string of the molecule is C/C=C\C(=N/N(C=O)C(C)(C)C)n1c2nc(Nc3ccc(N4CCN(C)CC4)cc3)ncc2c(=O)n1C1CC1. The summed E-state index contributed by atoms with van der Waals surface area (Å²) in [6.45, 7) is 11.7. The first-order valence-corrected chi connectivity index (χ1v) is 13.5. The number of carbonyl (C=O) groups excluding carboxylic acids is 1. The third kappa shape index (κ3) is 5.58. The number of anilines is 3. The molecule has 0 spiro atoms. The summed E-state index contributed by atoms with van der Waals surface area (Å²) in [5, 5.41) is 9.69. The number of amides is 1. The molecular weight excluding hydrogens is 494 g/mol. The Labute approximate surface area is 228 Å².